The molecule has 0 heterocycles. The van der Waals surface area contributed by atoms with Crippen molar-refractivity contribution in [2.75, 3.05) is 19.0 Å². The summed E-state index contributed by atoms with van der Waals surface area (Å²) in [6, 6.07) is 11.4. The molecule has 146 valence electrons. The molecule has 0 aliphatic carbocycles. The zero-order valence-corrected chi connectivity index (χ0v) is 18.3. The number of terminal acetylenes is 1. The van der Waals surface area contributed by atoms with Crippen LogP contribution in [0.25, 0.3) is 6.08 Å². The highest BCUT2D eigenvalue weighted by Gasteiger charge is 2.14. The lowest BCUT2D eigenvalue weighted by atomic mass is 10.1. The lowest BCUT2D eigenvalue weighted by Crippen LogP contribution is -2.13. The van der Waals surface area contributed by atoms with Crippen LogP contribution in [0.3, 0.4) is 0 Å². The monoisotopic (exact) mass is 516 g/mol. The first kappa shape index (κ1) is 22.2. The molecular weight excluding hydrogens is 504 g/mol. The van der Waals surface area contributed by atoms with Gasteiger partial charge < -0.3 is 14.8 Å². The van der Waals surface area contributed by atoms with Crippen LogP contribution in [-0.4, -0.2) is 25.6 Å². The van der Waals surface area contributed by atoms with Crippen molar-refractivity contribution in [2.24, 2.45) is 0 Å². The van der Waals surface area contributed by atoms with E-state index in [9.17, 15) is 14.9 Å². The molecule has 29 heavy (non-hydrogen) atoms. The summed E-state index contributed by atoms with van der Waals surface area (Å²) in [5, 5.41) is 12.1. The minimum atomic E-state index is -0.614. The van der Waals surface area contributed by atoms with Gasteiger partial charge in [0.1, 0.15) is 24.0 Å². The maximum atomic E-state index is 12.5. The van der Waals surface area contributed by atoms with E-state index in [2.05, 4.69) is 47.8 Å². The van der Waals surface area contributed by atoms with E-state index in [-0.39, 0.29) is 12.2 Å². The second-order valence-electron chi connectivity index (χ2n) is 5.49. The Hall–Kier alpha value is -3.07. The molecule has 0 aliphatic heterocycles. The Morgan fingerprint density at radius 1 is 1.24 bits per heavy atom. The van der Waals surface area contributed by atoms with Crippen molar-refractivity contribution in [1.82, 2.24) is 0 Å². The van der Waals surface area contributed by atoms with Gasteiger partial charge in [0.2, 0.25) is 0 Å². The number of methoxy groups -OCH3 is 1. The SMILES string of the molecule is C#CCOc1c(Br)cc(Br)cc1/C=C(\C#N)C(=O)Nc1ccc(C(=O)OC)cc1. The Morgan fingerprint density at radius 2 is 1.93 bits per heavy atom. The summed E-state index contributed by atoms with van der Waals surface area (Å²) in [5.41, 5.74) is 1.12. The molecule has 0 unspecified atom stereocenters. The number of amides is 1. The molecule has 1 N–H and O–H groups in total. The van der Waals surface area contributed by atoms with Gasteiger partial charge in [-0.2, -0.15) is 5.26 Å². The predicted molar refractivity (Wildman–Crippen MR) is 116 cm³/mol. The Kier molecular flexibility index (Phi) is 8.02. The van der Waals surface area contributed by atoms with Crippen molar-refractivity contribution in [3.8, 4) is 24.2 Å². The molecular formula is C21H14Br2N2O4. The third-order valence-corrected chi connectivity index (χ3v) is 4.61. The lowest BCUT2D eigenvalue weighted by molar-refractivity contribution is -0.112. The fraction of sp³-hybridized carbons (Fsp3) is 0.0952. The Bertz CT molecular complexity index is 1050. The smallest absolute Gasteiger partial charge is 0.337 e. The van der Waals surface area contributed by atoms with E-state index < -0.39 is 11.9 Å². The van der Waals surface area contributed by atoms with Gasteiger partial charge >= 0.3 is 5.97 Å². The molecule has 0 bridgehead atoms. The highest BCUT2D eigenvalue weighted by Crippen LogP contribution is 2.34. The van der Waals surface area contributed by atoms with E-state index in [0.29, 0.717) is 27.0 Å². The molecule has 2 aromatic rings. The quantitative estimate of drug-likeness (QED) is 0.263. The van der Waals surface area contributed by atoms with Gasteiger partial charge in [0.05, 0.1) is 17.1 Å². The van der Waals surface area contributed by atoms with Crippen LogP contribution in [0.5, 0.6) is 5.75 Å². The van der Waals surface area contributed by atoms with Crippen LogP contribution in [0, 0.1) is 23.7 Å². The molecule has 6 nitrogen and oxygen atoms in total. The van der Waals surface area contributed by atoms with E-state index in [1.54, 1.807) is 12.1 Å². The maximum Gasteiger partial charge on any atom is 0.337 e. The molecule has 0 fully saturated rings. The van der Waals surface area contributed by atoms with Crippen LogP contribution in [-0.2, 0) is 9.53 Å². The minimum Gasteiger partial charge on any atom is -0.479 e. The number of ether oxygens (including phenoxy) is 2. The first-order chi connectivity index (χ1) is 13.9. The molecule has 0 aliphatic rings. The molecule has 1 amide bonds. The fourth-order valence-electron chi connectivity index (χ4n) is 2.26. The van der Waals surface area contributed by atoms with E-state index in [4.69, 9.17) is 11.2 Å². The van der Waals surface area contributed by atoms with Crippen molar-refractivity contribution in [1.29, 1.82) is 5.26 Å². The zero-order chi connectivity index (χ0) is 21.4. The summed E-state index contributed by atoms with van der Waals surface area (Å²) in [6.07, 6.45) is 6.65. The van der Waals surface area contributed by atoms with Crippen LogP contribution in [0.15, 0.2) is 50.9 Å². The second-order valence-corrected chi connectivity index (χ2v) is 7.26. The largest absolute Gasteiger partial charge is 0.479 e. The number of benzene rings is 2. The zero-order valence-electron chi connectivity index (χ0n) is 15.2. The molecule has 0 radical (unpaired) electrons. The van der Waals surface area contributed by atoms with E-state index >= 15 is 0 Å². The normalized spacial score (nSPS) is 10.4. The molecule has 0 atom stereocenters. The average molecular weight is 518 g/mol. The number of anilines is 1. The average Bonchev–Trinajstić information content (AvgIpc) is 2.71. The number of nitrogens with one attached hydrogen (secondary N) is 1. The molecule has 0 spiro atoms. The molecule has 0 aromatic heterocycles. The highest BCUT2D eigenvalue weighted by molar-refractivity contribution is 9.11. The van der Waals surface area contributed by atoms with Gasteiger partial charge in [-0.1, -0.05) is 21.9 Å². The Balaban J connectivity index is 2.30. The number of hydrogen-bond acceptors (Lipinski definition) is 5. The number of carbonyl (C=O) groups excluding carboxylic acids is 2. The molecule has 0 saturated heterocycles. The number of esters is 1. The van der Waals surface area contributed by atoms with Gasteiger partial charge in [0.25, 0.3) is 5.91 Å². The summed E-state index contributed by atoms with van der Waals surface area (Å²) < 4.78 is 11.5. The van der Waals surface area contributed by atoms with Crippen LogP contribution in [0.4, 0.5) is 5.69 Å². The van der Waals surface area contributed by atoms with Gasteiger partial charge in [-0.15, -0.1) is 6.42 Å². The summed E-state index contributed by atoms with van der Waals surface area (Å²) in [7, 11) is 1.28. The minimum absolute atomic E-state index is 0.0295. The van der Waals surface area contributed by atoms with Crippen molar-refractivity contribution < 1.29 is 19.1 Å². The summed E-state index contributed by atoms with van der Waals surface area (Å²) in [5.74, 6) is 1.68. The number of halogens is 2. The van der Waals surface area contributed by atoms with Gasteiger partial charge in [-0.25, -0.2) is 4.79 Å². The van der Waals surface area contributed by atoms with Gasteiger partial charge in [0, 0.05) is 15.7 Å². The second kappa shape index (κ2) is 10.5. The fourth-order valence-corrected chi connectivity index (χ4v) is 3.64. The van der Waals surface area contributed by atoms with Crippen LogP contribution < -0.4 is 10.1 Å². The summed E-state index contributed by atoms with van der Waals surface area (Å²) >= 11 is 6.75. The molecule has 0 saturated carbocycles. The first-order valence-electron chi connectivity index (χ1n) is 8.06. The standard InChI is InChI=1S/C21H14Br2N2O4/c1-3-8-29-19-14(10-16(22)11-18(19)23)9-15(12-24)20(26)25-17-6-4-13(5-7-17)21(27)28-2/h1,4-7,9-11H,8H2,2H3,(H,25,26)/b15-9+. The van der Waals surface area contributed by atoms with E-state index in [0.717, 1.165) is 4.47 Å². The molecule has 2 rings (SSSR count). The van der Waals surface area contributed by atoms with Crippen LogP contribution >= 0.6 is 31.9 Å². The van der Waals surface area contributed by atoms with Gasteiger partial charge in [0.15, 0.2) is 0 Å². The number of hydrogen-bond donors (Lipinski definition) is 1. The Labute approximate surface area is 184 Å². The maximum absolute atomic E-state index is 12.5. The molecule has 8 heteroatoms. The summed E-state index contributed by atoms with van der Waals surface area (Å²) in [4.78, 5) is 24.0. The van der Waals surface area contributed by atoms with Crippen molar-refractivity contribution in [2.45, 2.75) is 0 Å². The number of rotatable bonds is 6. The predicted octanol–water partition coefficient (Wildman–Crippen LogP) is 4.56. The highest BCUT2D eigenvalue weighted by atomic mass is 79.9. The third kappa shape index (κ3) is 5.95. The van der Waals surface area contributed by atoms with Crippen molar-refractivity contribution >= 4 is 55.5 Å². The van der Waals surface area contributed by atoms with E-state index in [1.807, 2.05) is 6.07 Å². The Morgan fingerprint density at radius 3 is 2.52 bits per heavy atom. The number of nitriles is 1. The number of nitrogens with zero attached hydrogens (tertiary/aromatic N) is 1. The van der Waals surface area contributed by atoms with Crippen LogP contribution in [0.2, 0.25) is 0 Å². The van der Waals surface area contributed by atoms with Crippen molar-refractivity contribution in [3.05, 3.63) is 62.0 Å². The third-order valence-electron chi connectivity index (χ3n) is 3.57. The number of carbonyl (C=O) groups is 2. The topological polar surface area (TPSA) is 88.4 Å². The molecule has 2 aromatic carbocycles. The van der Waals surface area contributed by atoms with Crippen LogP contribution in [0.1, 0.15) is 15.9 Å². The lowest BCUT2D eigenvalue weighted by Gasteiger charge is -2.11. The summed E-state index contributed by atoms with van der Waals surface area (Å²) in [6.45, 7) is 0.0295. The van der Waals surface area contributed by atoms with Gasteiger partial charge in [-0.3, -0.25) is 4.79 Å². The van der Waals surface area contributed by atoms with Gasteiger partial charge in [-0.05, 0) is 58.4 Å². The van der Waals surface area contributed by atoms with Crippen molar-refractivity contribution in [3.63, 3.8) is 0 Å². The van der Waals surface area contributed by atoms with E-state index in [1.165, 1.54) is 37.5 Å². The first-order valence-corrected chi connectivity index (χ1v) is 9.65.